The Bertz CT molecular complexity index is 784. The summed E-state index contributed by atoms with van der Waals surface area (Å²) in [5.41, 5.74) is 2.14. The molecule has 1 aromatic heterocycles. The van der Waals surface area contributed by atoms with Gasteiger partial charge in [0.1, 0.15) is 0 Å². The molecule has 0 amide bonds. The maximum atomic E-state index is 12.1. The number of nitrogens with zero attached hydrogens (tertiary/aromatic N) is 1. The number of sulfonamides is 1. The van der Waals surface area contributed by atoms with E-state index < -0.39 is 15.3 Å². The molecule has 3 rings (SSSR count). The number of rotatable bonds is 5. The van der Waals surface area contributed by atoms with Crippen molar-refractivity contribution in [2.45, 2.75) is 31.6 Å². The predicted molar refractivity (Wildman–Crippen MR) is 90.7 cm³/mol. The summed E-state index contributed by atoms with van der Waals surface area (Å²) < 4.78 is 32.6. The van der Waals surface area contributed by atoms with Crippen LogP contribution in [0.3, 0.4) is 0 Å². The quantitative estimate of drug-likeness (QED) is 0.909. The van der Waals surface area contributed by atoms with E-state index in [0.717, 1.165) is 17.3 Å². The molecule has 1 aliphatic rings. The maximum absolute atomic E-state index is 12.1. The third-order valence-electron chi connectivity index (χ3n) is 4.36. The minimum absolute atomic E-state index is 0.134. The second-order valence-electron chi connectivity index (χ2n) is 6.31. The van der Waals surface area contributed by atoms with Crippen LogP contribution in [0.1, 0.15) is 19.4 Å². The van der Waals surface area contributed by atoms with Gasteiger partial charge in [0.15, 0.2) is 0 Å². The van der Waals surface area contributed by atoms with E-state index in [9.17, 15) is 8.42 Å². The van der Waals surface area contributed by atoms with Gasteiger partial charge >= 0.3 is 0 Å². The highest BCUT2D eigenvalue weighted by Crippen LogP contribution is 2.24. The van der Waals surface area contributed by atoms with Gasteiger partial charge in [0.2, 0.25) is 10.0 Å². The number of benzene rings is 1. The van der Waals surface area contributed by atoms with Gasteiger partial charge in [-0.3, -0.25) is 4.98 Å². The molecule has 0 radical (unpaired) electrons. The largest absolute Gasteiger partial charge is 0.379 e. The van der Waals surface area contributed by atoms with Gasteiger partial charge in [0.05, 0.1) is 30.0 Å². The molecule has 5 nitrogen and oxygen atoms in total. The molecule has 1 N–H and O–H groups in total. The Kier molecular flexibility index (Phi) is 4.66. The van der Waals surface area contributed by atoms with E-state index in [4.69, 9.17) is 4.74 Å². The standard InChI is InChI=1S/C17H22N2O3S/c1-12(2)23(20,21)19-17-11-22-10-14(17)9-13-7-8-18-16-6-4-3-5-15(13)16/h3-8,12,14,17,19H,9-11H2,1-2H3. The summed E-state index contributed by atoms with van der Waals surface area (Å²) >= 11 is 0. The second kappa shape index (κ2) is 6.55. The van der Waals surface area contributed by atoms with Gasteiger partial charge in [-0.15, -0.1) is 0 Å². The number of hydrogen-bond donors (Lipinski definition) is 1. The van der Waals surface area contributed by atoms with Gasteiger partial charge in [0, 0.05) is 17.5 Å². The highest BCUT2D eigenvalue weighted by atomic mass is 32.2. The molecule has 2 unspecified atom stereocenters. The summed E-state index contributed by atoms with van der Waals surface area (Å²) in [5, 5.41) is 0.679. The average molecular weight is 334 g/mol. The third-order valence-corrected chi connectivity index (χ3v) is 6.23. The van der Waals surface area contributed by atoms with Crippen molar-refractivity contribution >= 4 is 20.9 Å². The van der Waals surface area contributed by atoms with Crippen molar-refractivity contribution in [1.82, 2.24) is 9.71 Å². The molecule has 1 fully saturated rings. The lowest BCUT2D eigenvalue weighted by Crippen LogP contribution is -2.43. The van der Waals surface area contributed by atoms with Crippen LogP contribution in [0.2, 0.25) is 0 Å². The maximum Gasteiger partial charge on any atom is 0.214 e. The monoisotopic (exact) mass is 334 g/mol. The molecule has 0 saturated carbocycles. The molecule has 2 aromatic rings. The highest BCUT2D eigenvalue weighted by molar-refractivity contribution is 7.90. The molecule has 1 saturated heterocycles. The Morgan fingerprint density at radius 3 is 2.83 bits per heavy atom. The lowest BCUT2D eigenvalue weighted by atomic mass is 9.93. The van der Waals surface area contributed by atoms with Gasteiger partial charge in [-0.1, -0.05) is 18.2 Å². The lowest BCUT2D eigenvalue weighted by Gasteiger charge is -2.21. The van der Waals surface area contributed by atoms with Crippen molar-refractivity contribution in [3.8, 4) is 0 Å². The van der Waals surface area contributed by atoms with Gasteiger partial charge < -0.3 is 4.74 Å². The number of para-hydroxylation sites is 1. The van der Waals surface area contributed by atoms with Gasteiger partial charge in [-0.05, 0) is 38.0 Å². The first-order chi connectivity index (χ1) is 11.0. The predicted octanol–water partition coefficient (Wildman–Crippen LogP) is 2.12. The number of fused-ring (bicyclic) bond motifs is 1. The first kappa shape index (κ1) is 16.4. The Morgan fingerprint density at radius 1 is 1.26 bits per heavy atom. The zero-order valence-corrected chi connectivity index (χ0v) is 14.2. The minimum Gasteiger partial charge on any atom is -0.379 e. The van der Waals surface area contributed by atoms with Crippen LogP contribution in [-0.2, 0) is 21.2 Å². The number of aromatic nitrogens is 1. The molecule has 0 spiro atoms. The fourth-order valence-electron chi connectivity index (χ4n) is 2.89. The molecule has 1 aromatic carbocycles. The fraction of sp³-hybridized carbons (Fsp3) is 0.471. The number of hydrogen-bond acceptors (Lipinski definition) is 4. The summed E-state index contributed by atoms with van der Waals surface area (Å²) in [5.74, 6) is 0.134. The molecule has 2 heterocycles. The number of nitrogens with one attached hydrogen (secondary N) is 1. The van der Waals surface area contributed by atoms with Crippen LogP contribution in [0.5, 0.6) is 0 Å². The van der Waals surface area contributed by atoms with Crippen LogP contribution in [0, 0.1) is 5.92 Å². The summed E-state index contributed by atoms with van der Waals surface area (Å²) in [6, 6.07) is 9.85. The number of pyridine rings is 1. The van der Waals surface area contributed by atoms with Gasteiger partial charge in [-0.2, -0.15) is 0 Å². The SMILES string of the molecule is CC(C)S(=O)(=O)NC1COCC1Cc1ccnc2ccccc12. The molecule has 23 heavy (non-hydrogen) atoms. The van der Waals surface area contributed by atoms with Crippen molar-refractivity contribution in [3.05, 3.63) is 42.1 Å². The summed E-state index contributed by atoms with van der Waals surface area (Å²) in [6.07, 6.45) is 2.58. The van der Waals surface area contributed by atoms with Crippen molar-refractivity contribution in [1.29, 1.82) is 0 Å². The van der Waals surface area contributed by atoms with Gasteiger partial charge in [0.25, 0.3) is 0 Å². The molecular weight excluding hydrogens is 312 g/mol. The van der Waals surface area contributed by atoms with Crippen LogP contribution < -0.4 is 4.72 Å². The summed E-state index contributed by atoms with van der Waals surface area (Å²) in [4.78, 5) is 4.38. The molecule has 124 valence electrons. The fourth-order valence-corrected chi connectivity index (χ4v) is 3.85. The highest BCUT2D eigenvalue weighted by Gasteiger charge is 2.32. The Morgan fingerprint density at radius 2 is 2.04 bits per heavy atom. The second-order valence-corrected chi connectivity index (χ2v) is 8.58. The average Bonchev–Trinajstić information content (AvgIpc) is 2.94. The van der Waals surface area contributed by atoms with Crippen molar-refractivity contribution in [2.24, 2.45) is 5.92 Å². The van der Waals surface area contributed by atoms with E-state index in [2.05, 4.69) is 15.8 Å². The van der Waals surface area contributed by atoms with Crippen molar-refractivity contribution < 1.29 is 13.2 Å². The zero-order valence-electron chi connectivity index (χ0n) is 13.4. The Labute approximate surface area is 137 Å². The molecule has 0 bridgehead atoms. The Hall–Kier alpha value is -1.50. The third kappa shape index (κ3) is 3.54. The molecule has 2 atom stereocenters. The van der Waals surface area contributed by atoms with E-state index in [1.54, 1.807) is 20.0 Å². The van der Waals surface area contributed by atoms with Crippen molar-refractivity contribution in [2.75, 3.05) is 13.2 Å². The smallest absolute Gasteiger partial charge is 0.214 e. The first-order valence-electron chi connectivity index (χ1n) is 7.89. The van der Waals surface area contributed by atoms with Gasteiger partial charge in [-0.25, -0.2) is 13.1 Å². The summed E-state index contributed by atoms with van der Waals surface area (Å²) in [7, 11) is -3.29. The molecular formula is C17H22N2O3S. The van der Waals surface area contributed by atoms with Crippen molar-refractivity contribution in [3.63, 3.8) is 0 Å². The zero-order chi connectivity index (χ0) is 16.4. The molecule has 6 heteroatoms. The first-order valence-corrected chi connectivity index (χ1v) is 9.43. The van der Waals surface area contributed by atoms with Crippen LogP contribution in [0.15, 0.2) is 36.5 Å². The summed E-state index contributed by atoms with van der Waals surface area (Å²) in [6.45, 7) is 4.37. The number of ether oxygens (including phenoxy) is 1. The van der Waals surface area contributed by atoms with E-state index in [1.165, 1.54) is 5.56 Å². The van der Waals surface area contributed by atoms with E-state index in [1.807, 2.05) is 24.3 Å². The van der Waals surface area contributed by atoms with Crippen LogP contribution in [0.4, 0.5) is 0 Å². The van der Waals surface area contributed by atoms with Crippen LogP contribution in [-0.4, -0.2) is 37.9 Å². The van der Waals surface area contributed by atoms with Crippen LogP contribution in [0.25, 0.3) is 10.9 Å². The van der Waals surface area contributed by atoms with E-state index in [0.29, 0.717) is 13.2 Å². The Balaban J connectivity index is 1.81. The van der Waals surface area contributed by atoms with Crippen LogP contribution >= 0.6 is 0 Å². The van der Waals surface area contributed by atoms with E-state index in [-0.39, 0.29) is 12.0 Å². The topological polar surface area (TPSA) is 68.3 Å². The normalized spacial score (nSPS) is 22.0. The molecule has 1 aliphatic heterocycles. The lowest BCUT2D eigenvalue weighted by molar-refractivity contribution is 0.183. The minimum atomic E-state index is -3.29. The molecule has 0 aliphatic carbocycles. The van der Waals surface area contributed by atoms with E-state index >= 15 is 0 Å².